The van der Waals surface area contributed by atoms with Crippen molar-refractivity contribution in [3.8, 4) is 11.1 Å². The van der Waals surface area contributed by atoms with Crippen LogP contribution in [-0.2, 0) is 16.2 Å². The van der Waals surface area contributed by atoms with E-state index in [0.29, 0.717) is 11.1 Å². The number of sulfonamides is 1. The molecule has 0 unspecified atom stereocenters. The minimum absolute atomic E-state index is 0.0450. The zero-order chi connectivity index (χ0) is 22.7. The van der Waals surface area contributed by atoms with E-state index in [1.165, 1.54) is 18.2 Å². The number of hydrogen-bond donors (Lipinski definition) is 2. The van der Waals surface area contributed by atoms with Gasteiger partial charge in [0.1, 0.15) is 5.82 Å². The summed E-state index contributed by atoms with van der Waals surface area (Å²) in [5.74, 6) is 0.974. The largest absolute Gasteiger partial charge is 0.416 e. The van der Waals surface area contributed by atoms with Crippen molar-refractivity contribution in [2.45, 2.75) is 29.3 Å². The van der Waals surface area contributed by atoms with E-state index in [2.05, 4.69) is 9.97 Å². The van der Waals surface area contributed by atoms with E-state index in [0.717, 1.165) is 41.0 Å². The summed E-state index contributed by atoms with van der Waals surface area (Å²) >= 11 is 0. The lowest BCUT2D eigenvalue weighted by atomic mass is 10.1. The number of nitrogens with one attached hydrogen (secondary N) is 1. The highest BCUT2D eigenvalue weighted by molar-refractivity contribution is 7.89. The highest BCUT2D eigenvalue weighted by Crippen LogP contribution is 2.54. The van der Waals surface area contributed by atoms with Crippen LogP contribution in [0.15, 0.2) is 71.6 Å². The molecule has 1 saturated carbocycles. The Morgan fingerprint density at radius 2 is 1.69 bits per heavy atom. The number of aromatic amines is 1. The number of hydrogen-bond acceptors (Lipinski definition) is 3. The van der Waals surface area contributed by atoms with Gasteiger partial charge >= 0.3 is 6.18 Å². The second-order valence-electron chi connectivity index (χ2n) is 7.96. The smallest absolute Gasteiger partial charge is 0.342 e. The van der Waals surface area contributed by atoms with Gasteiger partial charge in [0.25, 0.3) is 0 Å². The Bertz CT molecular complexity index is 1430. The molecule has 1 fully saturated rings. The zero-order valence-corrected chi connectivity index (χ0v) is 17.4. The molecule has 5 rings (SSSR count). The van der Waals surface area contributed by atoms with Crippen LogP contribution in [0.5, 0.6) is 0 Å². The van der Waals surface area contributed by atoms with Gasteiger partial charge in [-0.3, -0.25) is 0 Å². The Balaban J connectivity index is 1.43. The van der Waals surface area contributed by atoms with Crippen LogP contribution in [-0.4, -0.2) is 18.4 Å². The molecule has 0 bridgehead atoms. The molecule has 4 aromatic rings. The molecule has 5 nitrogen and oxygen atoms in total. The molecule has 1 aliphatic rings. The first-order chi connectivity index (χ1) is 15.1. The number of benzene rings is 3. The number of imidazole rings is 1. The van der Waals surface area contributed by atoms with Crippen LogP contribution in [0.1, 0.15) is 35.2 Å². The Kier molecular flexibility index (Phi) is 4.65. The van der Waals surface area contributed by atoms with Crippen molar-refractivity contribution in [1.82, 2.24) is 9.97 Å². The molecule has 0 radical (unpaired) electrons. The van der Waals surface area contributed by atoms with Crippen molar-refractivity contribution in [1.29, 1.82) is 0 Å². The first-order valence-corrected chi connectivity index (χ1v) is 11.4. The summed E-state index contributed by atoms with van der Waals surface area (Å²) in [5.41, 5.74) is 2.87. The average Bonchev–Trinajstić information content (AvgIpc) is 3.44. The van der Waals surface area contributed by atoms with Crippen molar-refractivity contribution in [2.24, 2.45) is 5.14 Å². The molecule has 32 heavy (non-hydrogen) atoms. The van der Waals surface area contributed by atoms with Crippen molar-refractivity contribution >= 4 is 21.1 Å². The number of fused-ring (bicyclic) bond motifs is 1. The second-order valence-corrected chi connectivity index (χ2v) is 9.49. The standard InChI is InChI=1S/C23H18F3N3O2S/c24-23(25,26)15-8-5-13(6-9-15)17-12-18(17)22-28-19-10-7-14(11-20(19)29-22)16-3-1-2-4-21(16)32(27,30)31/h1-11,17-18H,12H2,(H,28,29)(H2,27,30,31)/t17-,18-/m0/s1. The molecule has 164 valence electrons. The molecule has 9 heteroatoms. The quantitative estimate of drug-likeness (QED) is 0.443. The van der Waals surface area contributed by atoms with Gasteiger partial charge in [0.15, 0.2) is 0 Å². The van der Waals surface area contributed by atoms with Gasteiger partial charge in [0.2, 0.25) is 10.0 Å². The van der Waals surface area contributed by atoms with Crippen LogP contribution < -0.4 is 5.14 Å². The van der Waals surface area contributed by atoms with Crippen LogP contribution in [0.25, 0.3) is 22.2 Å². The van der Waals surface area contributed by atoms with E-state index in [9.17, 15) is 21.6 Å². The van der Waals surface area contributed by atoms with E-state index in [-0.39, 0.29) is 16.7 Å². The van der Waals surface area contributed by atoms with Crippen LogP contribution in [0.3, 0.4) is 0 Å². The Hall–Kier alpha value is -3.17. The number of rotatable bonds is 4. The Morgan fingerprint density at radius 1 is 0.969 bits per heavy atom. The van der Waals surface area contributed by atoms with Gasteiger partial charge in [-0.15, -0.1) is 0 Å². The van der Waals surface area contributed by atoms with E-state index in [4.69, 9.17) is 5.14 Å². The average molecular weight is 457 g/mol. The molecule has 3 N–H and O–H groups in total. The fraction of sp³-hybridized carbons (Fsp3) is 0.174. The summed E-state index contributed by atoms with van der Waals surface area (Å²) in [4.78, 5) is 7.97. The van der Waals surface area contributed by atoms with Crippen LogP contribution in [0, 0.1) is 0 Å². The number of halogens is 3. The van der Waals surface area contributed by atoms with Gasteiger partial charge in [-0.25, -0.2) is 18.5 Å². The third-order valence-electron chi connectivity index (χ3n) is 5.81. The van der Waals surface area contributed by atoms with Gasteiger partial charge in [0.05, 0.1) is 21.5 Å². The number of nitrogens with zero attached hydrogens (tertiary/aromatic N) is 1. The number of primary sulfonamides is 1. The summed E-state index contributed by atoms with van der Waals surface area (Å²) in [5, 5.41) is 5.35. The topological polar surface area (TPSA) is 88.8 Å². The highest BCUT2D eigenvalue weighted by Gasteiger charge is 2.42. The molecule has 1 aromatic heterocycles. The minimum Gasteiger partial charge on any atom is -0.342 e. The van der Waals surface area contributed by atoms with Gasteiger partial charge in [-0.05, 0) is 53.8 Å². The molecule has 0 aliphatic heterocycles. The molecule has 1 aliphatic carbocycles. The van der Waals surface area contributed by atoms with Crippen molar-refractivity contribution in [3.63, 3.8) is 0 Å². The highest BCUT2D eigenvalue weighted by atomic mass is 32.2. The van der Waals surface area contributed by atoms with Crippen molar-refractivity contribution in [3.05, 3.63) is 83.7 Å². The van der Waals surface area contributed by atoms with E-state index < -0.39 is 21.8 Å². The second kappa shape index (κ2) is 7.18. The normalized spacial score (nSPS) is 18.8. The fourth-order valence-electron chi connectivity index (χ4n) is 4.11. The zero-order valence-electron chi connectivity index (χ0n) is 16.6. The van der Waals surface area contributed by atoms with Gasteiger partial charge in [0, 0.05) is 11.5 Å². The predicted molar refractivity (Wildman–Crippen MR) is 114 cm³/mol. The van der Waals surface area contributed by atoms with E-state index >= 15 is 0 Å². The summed E-state index contributed by atoms with van der Waals surface area (Å²) in [7, 11) is -3.88. The first-order valence-electron chi connectivity index (χ1n) is 9.90. The maximum atomic E-state index is 12.8. The molecule has 3 aromatic carbocycles. The number of aromatic nitrogens is 2. The lowest BCUT2D eigenvalue weighted by Crippen LogP contribution is -2.13. The van der Waals surface area contributed by atoms with Gasteiger partial charge in [-0.2, -0.15) is 13.2 Å². The lowest BCUT2D eigenvalue weighted by molar-refractivity contribution is -0.137. The van der Waals surface area contributed by atoms with Crippen LogP contribution in [0.4, 0.5) is 13.2 Å². The summed E-state index contributed by atoms with van der Waals surface area (Å²) in [6.45, 7) is 0. The molecule has 0 amide bonds. The number of alkyl halides is 3. The third kappa shape index (κ3) is 3.78. The summed E-state index contributed by atoms with van der Waals surface area (Å²) in [6, 6.07) is 17.2. The first kappa shape index (κ1) is 20.7. The SMILES string of the molecule is NS(=O)(=O)c1ccccc1-c1ccc2nc([C@H]3C[C@H]3c3ccc(C(F)(F)F)cc3)[nH]c2c1. The molecule has 0 spiro atoms. The minimum atomic E-state index is -4.35. The molecular formula is C23H18F3N3O2S. The molecule has 2 atom stereocenters. The third-order valence-corrected chi connectivity index (χ3v) is 6.78. The van der Waals surface area contributed by atoms with Crippen LogP contribution in [0.2, 0.25) is 0 Å². The maximum Gasteiger partial charge on any atom is 0.416 e. The van der Waals surface area contributed by atoms with Crippen LogP contribution >= 0.6 is 0 Å². The van der Waals surface area contributed by atoms with Crippen molar-refractivity contribution < 1.29 is 21.6 Å². The fourth-order valence-corrected chi connectivity index (χ4v) is 4.87. The van der Waals surface area contributed by atoms with E-state index in [1.54, 1.807) is 30.3 Å². The molecular weight excluding hydrogens is 439 g/mol. The maximum absolute atomic E-state index is 12.8. The molecule has 0 saturated heterocycles. The Morgan fingerprint density at radius 3 is 2.38 bits per heavy atom. The van der Waals surface area contributed by atoms with Gasteiger partial charge < -0.3 is 4.98 Å². The van der Waals surface area contributed by atoms with Crippen molar-refractivity contribution in [2.75, 3.05) is 0 Å². The lowest BCUT2D eigenvalue weighted by Gasteiger charge is -2.07. The number of nitrogens with two attached hydrogens (primary N) is 1. The summed E-state index contributed by atoms with van der Waals surface area (Å²) in [6.07, 6.45) is -3.55. The number of H-pyrrole nitrogens is 1. The van der Waals surface area contributed by atoms with E-state index in [1.807, 2.05) is 6.07 Å². The molecule has 1 heterocycles. The summed E-state index contributed by atoms with van der Waals surface area (Å²) < 4.78 is 62.2. The predicted octanol–water partition coefficient (Wildman–Crippen LogP) is 5.17. The monoisotopic (exact) mass is 457 g/mol. The van der Waals surface area contributed by atoms with Gasteiger partial charge in [-0.1, -0.05) is 36.4 Å². The Labute approximate surface area is 182 Å².